The molecule has 0 aliphatic carbocycles. The van der Waals surface area contributed by atoms with Gasteiger partial charge in [-0.05, 0) is 61.8 Å². The molecule has 2 N–H and O–H groups in total. The van der Waals surface area contributed by atoms with E-state index in [-0.39, 0.29) is 6.04 Å². The van der Waals surface area contributed by atoms with Gasteiger partial charge in [-0.25, -0.2) is 0 Å². The fraction of sp³-hybridized carbons (Fsp3) is 0.278. The van der Waals surface area contributed by atoms with Crippen molar-refractivity contribution in [2.24, 2.45) is 0 Å². The molecule has 0 aliphatic rings. The number of thiocarbonyl (C=S) groups is 1. The molecule has 0 amide bonds. The summed E-state index contributed by atoms with van der Waals surface area (Å²) in [5, 5.41) is 7.96. The number of rotatable bonds is 4. The van der Waals surface area contributed by atoms with Gasteiger partial charge in [-0.15, -0.1) is 0 Å². The van der Waals surface area contributed by atoms with Gasteiger partial charge in [0.05, 0.1) is 6.04 Å². The maximum Gasteiger partial charge on any atom is 0.167 e. The summed E-state index contributed by atoms with van der Waals surface area (Å²) in [6.07, 6.45) is 0. The van der Waals surface area contributed by atoms with Crippen molar-refractivity contribution in [1.29, 1.82) is 0 Å². The molecule has 0 aromatic heterocycles. The van der Waals surface area contributed by atoms with E-state index in [1.807, 2.05) is 24.3 Å². The first-order valence-electron chi connectivity index (χ1n) is 7.31. The Morgan fingerprint density at radius 2 is 1.82 bits per heavy atom. The molecule has 4 heteroatoms. The predicted molar refractivity (Wildman–Crippen MR) is 98.4 cm³/mol. The number of nitrogens with one attached hydrogen (secondary N) is 2. The SMILES string of the molecule is Cc1ccc(C(C)NC(=S)NCc2ccc(Cl)cc2)c(C)c1. The lowest BCUT2D eigenvalue weighted by molar-refractivity contribution is 0.693. The van der Waals surface area contributed by atoms with Crippen molar-refractivity contribution in [1.82, 2.24) is 10.6 Å². The zero-order valence-electron chi connectivity index (χ0n) is 13.1. The molecule has 0 saturated heterocycles. The zero-order valence-corrected chi connectivity index (χ0v) is 14.7. The normalized spacial score (nSPS) is 11.8. The van der Waals surface area contributed by atoms with Gasteiger partial charge in [0.2, 0.25) is 0 Å². The molecule has 2 rings (SSSR count). The number of hydrogen-bond donors (Lipinski definition) is 2. The fourth-order valence-electron chi connectivity index (χ4n) is 2.42. The lowest BCUT2D eigenvalue weighted by Crippen LogP contribution is -2.36. The highest BCUT2D eigenvalue weighted by atomic mass is 35.5. The Morgan fingerprint density at radius 1 is 1.14 bits per heavy atom. The van der Waals surface area contributed by atoms with E-state index in [1.165, 1.54) is 16.7 Å². The zero-order chi connectivity index (χ0) is 16.1. The van der Waals surface area contributed by atoms with Crippen molar-refractivity contribution in [3.05, 3.63) is 69.7 Å². The smallest absolute Gasteiger partial charge is 0.167 e. The first-order chi connectivity index (χ1) is 10.5. The summed E-state index contributed by atoms with van der Waals surface area (Å²) in [4.78, 5) is 0. The van der Waals surface area contributed by atoms with Crippen LogP contribution in [0.25, 0.3) is 0 Å². The average molecular weight is 333 g/mol. The molecule has 0 radical (unpaired) electrons. The lowest BCUT2D eigenvalue weighted by atomic mass is 10.0. The molecule has 0 fully saturated rings. The maximum atomic E-state index is 5.88. The lowest BCUT2D eigenvalue weighted by Gasteiger charge is -2.19. The molecule has 22 heavy (non-hydrogen) atoms. The number of benzene rings is 2. The maximum absolute atomic E-state index is 5.88. The highest BCUT2D eigenvalue weighted by Gasteiger charge is 2.09. The van der Waals surface area contributed by atoms with Gasteiger partial charge in [0, 0.05) is 11.6 Å². The Balaban J connectivity index is 1.89. The summed E-state index contributed by atoms with van der Waals surface area (Å²) in [6.45, 7) is 7.04. The molecule has 116 valence electrons. The molecule has 2 aromatic rings. The van der Waals surface area contributed by atoms with Crippen molar-refractivity contribution in [2.75, 3.05) is 0 Å². The van der Waals surface area contributed by atoms with E-state index in [0.717, 1.165) is 10.6 Å². The first kappa shape index (κ1) is 16.8. The minimum atomic E-state index is 0.172. The third kappa shape index (κ3) is 4.72. The summed E-state index contributed by atoms with van der Waals surface area (Å²) in [5.74, 6) is 0. The highest BCUT2D eigenvalue weighted by Crippen LogP contribution is 2.18. The molecular weight excluding hydrogens is 312 g/mol. The summed E-state index contributed by atoms with van der Waals surface area (Å²) in [7, 11) is 0. The van der Waals surface area contributed by atoms with E-state index in [4.69, 9.17) is 23.8 Å². The Kier molecular flexibility index (Phi) is 5.81. The van der Waals surface area contributed by atoms with Crippen molar-refractivity contribution in [2.45, 2.75) is 33.4 Å². The van der Waals surface area contributed by atoms with Crippen LogP contribution in [0.5, 0.6) is 0 Å². The molecule has 2 nitrogen and oxygen atoms in total. The number of hydrogen-bond acceptors (Lipinski definition) is 1. The minimum absolute atomic E-state index is 0.172. The number of aryl methyl sites for hydroxylation is 2. The van der Waals surface area contributed by atoms with Gasteiger partial charge in [0.15, 0.2) is 5.11 Å². The van der Waals surface area contributed by atoms with Crippen LogP contribution in [0.2, 0.25) is 5.02 Å². The Hall–Kier alpha value is -1.58. The second-order valence-corrected chi connectivity index (χ2v) is 6.38. The third-order valence-corrected chi connectivity index (χ3v) is 4.12. The van der Waals surface area contributed by atoms with Crippen molar-refractivity contribution in [3.63, 3.8) is 0 Å². The highest BCUT2D eigenvalue weighted by molar-refractivity contribution is 7.80. The summed E-state index contributed by atoms with van der Waals surface area (Å²) < 4.78 is 0. The van der Waals surface area contributed by atoms with E-state index in [1.54, 1.807) is 0 Å². The molecule has 0 heterocycles. The average Bonchev–Trinajstić information content (AvgIpc) is 2.46. The van der Waals surface area contributed by atoms with Crippen LogP contribution in [0.1, 0.15) is 35.2 Å². The Labute approximate surface area is 142 Å². The van der Waals surface area contributed by atoms with Gasteiger partial charge in [0.1, 0.15) is 0 Å². The van der Waals surface area contributed by atoms with Crippen molar-refractivity contribution in [3.8, 4) is 0 Å². The molecule has 0 aliphatic heterocycles. The summed E-state index contributed by atoms with van der Waals surface area (Å²) in [6, 6.07) is 14.4. The van der Waals surface area contributed by atoms with Crippen LogP contribution in [-0.4, -0.2) is 5.11 Å². The van der Waals surface area contributed by atoms with E-state index in [9.17, 15) is 0 Å². The monoisotopic (exact) mass is 332 g/mol. The van der Waals surface area contributed by atoms with Gasteiger partial charge >= 0.3 is 0 Å². The topological polar surface area (TPSA) is 24.1 Å². The van der Waals surface area contributed by atoms with E-state index < -0.39 is 0 Å². The molecule has 1 unspecified atom stereocenters. The third-order valence-electron chi connectivity index (χ3n) is 3.61. The minimum Gasteiger partial charge on any atom is -0.359 e. The van der Waals surface area contributed by atoms with Gasteiger partial charge in [0.25, 0.3) is 0 Å². The second kappa shape index (κ2) is 7.61. The van der Waals surface area contributed by atoms with Crippen LogP contribution in [0, 0.1) is 13.8 Å². The molecule has 0 bridgehead atoms. The van der Waals surface area contributed by atoms with Gasteiger partial charge in [-0.2, -0.15) is 0 Å². The second-order valence-electron chi connectivity index (χ2n) is 5.54. The van der Waals surface area contributed by atoms with Crippen LogP contribution in [0.3, 0.4) is 0 Å². The van der Waals surface area contributed by atoms with Crippen LogP contribution in [-0.2, 0) is 6.54 Å². The van der Waals surface area contributed by atoms with Crippen molar-refractivity contribution < 1.29 is 0 Å². The van der Waals surface area contributed by atoms with Crippen molar-refractivity contribution >= 4 is 28.9 Å². The van der Waals surface area contributed by atoms with Crippen LogP contribution in [0.15, 0.2) is 42.5 Å². The summed E-state index contributed by atoms with van der Waals surface area (Å²) >= 11 is 11.3. The standard InChI is InChI=1S/C18H21ClN2S/c1-12-4-9-17(13(2)10-12)14(3)21-18(22)20-11-15-5-7-16(19)8-6-15/h4-10,14H,11H2,1-3H3,(H2,20,21,22). The first-order valence-corrected chi connectivity index (χ1v) is 8.10. The molecule has 0 saturated carbocycles. The van der Waals surface area contributed by atoms with E-state index in [2.05, 4.69) is 49.6 Å². The van der Waals surface area contributed by atoms with E-state index in [0.29, 0.717) is 11.7 Å². The Morgan fingerprint density at radius 3 is 2.45 bits per heavy atom. The quantitative estimate of drug-likeness (QED) is 0.795. The van der Waals surface area contributed by atoms with Gasteiger partial charge in [-0.3, -0.25) is 0 Å². The fourth-order valence-corrected chi connectivity index (χ4v) is 2.80. The largest absolute Gasteiger partial charge is 0.359 e. The molecule has 0 spiro atoms. The van der Waals surface area contributed by atoms with E-state index >= 15 is 0 Å². The van der Waals surface area contributed by atoms with Crippen LogP contribution in [0.4, 0.5) is 0 Å². The van der Waals surface area contributed by atoms with Gasteiger partial charge in [-0.1, -0.05) is 47.5 Å². The Bertz CT molecular complexity index is 653. The molecule has 1 atom stereocenters. The number of halogens is 1. The van der Waals surface area contributed by atoms with Crippen LogP contribution >= 0.6 is 23.8 Å². The summed E-state index contributed by atoms with van der Waals surface area (Å²) in [5.41, 5.74) is 4.96. The van der Waals surface area contributed by atoms with Gasteiger partial charge < -0.3 is 10.6 Å². The predicted octanol–water partition coefficient (Wildman–Crippen LogP) is 4.68. The van der Waals surface area contributed by atoms with Crippen LogP contribution < -0.4 is 10.6 Å². The molecular formula is C18H21ClN2S. The molecule has 2 aromatic carbocycles.